The van der Waals surface area contributed by atoms with Crippen LogP contribution in [0.2, 0.25) is 0 Å². The highest BCUT2D eigenvalue weighted by molar-refractivity contribution is 14.1. The first-order valence-corrected chi connectivity index (χ1v) is 6.97. The molecule has 0 saturated carbocycles. The molecule has 0 aliphatic rings. The second kappa shape index (κ2) is 11.4. The fraction of sp³-hybridized carbons (Fsp3) is 0.750. The highest BCUT2D eigenvalue weighted by Gasteiger charge is 2.00. The number of aliphatic hydroxyl groups excluding tert-OH is 1. The van der Waals surface area contributed by atoms with Gasteiger partial charge in [0.15, 0.2) is 0 Å². The van der Waals surface area contributed by atoms with Crippen LogP contribution < -0.4 is 0 Å². The second-order valence-corrected chi connectivity index (χ2v) is 4.49. The molecule has 16 heavy (non-hydrogen) atoms. The minimum Gasteiger partial charge on any atom is -0.469 e. The molecule has 4 heteroatoms. The van der Waals surface area contributed by atoms with E-state index in [2.05, 4.69) is 27.3 Å². The summed E-state index contributed by atoms with van der Waals surface area (Å²) >= 11 is 2.11. The van der Waals surface area contributed by atoms with Gasteiger partial charge < -0.3 is 9.84 Å². The third kappa shape index (κ3) is 10.4. The van der Waals surface area contributed by atoms with E-state index in [1.54, 1.807) is 6.08 Å². The van der Waals surface area contributed by atoms with Gasteiger partial charge in [-0.1, -0.05) is 54.4 Å². The number of halogens is 1. The molecule has 94 valence electrons. The zero-order valence-corrected chi connectivity index (χ0v) is 12.0. The molecule has 1 N–H and O–H groups in total. The van der Waals surface area contributed by atoms with Crippen molar-refractivity contribution in [2.45, 2.75) is 51.0 Å². The molecule has 0 aromatic heterocycles. The predicted molar refractivity (Wildman–Crippen MR) is 73.5 cm³/mol. The summed E-state index contributed by atoms with van der Waals surface area (Å²) in [4.78, 5) is 10.8. The average Bonchev–Trinajstić information content (AvgIpc) is 2.27. The summed E-state index contributed by atoms with van der Waals surface area (Å²) in [5, 5.41) is 9.40. The molecule has 0 rings (SSSR count). The van der Waals surface area contributed by atoms with Crippen LogP contribution in [-0.4, -0.2) is 24.3 Å². The van der Waals surface area contributed by atoms with Gasteiger partial charge in [-0.15, -0.1) is 0 Å². The molecule has 0 bridgehead atoms. The molecule has 0 spiro atoms. The van der Waals surface area contributed by atoms with Gasteiger partial charge >= 0.3 is 5.97 Å². The fourth-order valence-corrected chi connectivity index (χ4v) is 1.91. The summed E-state index contributed by atoms with van der Waals surface area (Å²) in [6, 6.07) is 0. The largest absolute Gasteiger partial charge is 0.469 e. The number of methoxy groups -OCH3 is 1. The van der Waals surface area contributed by atoms with Crippen molar-refractivity contribution in [1.29, 1.82) is 0 Å². The Morgan fingerprint density at radius 3 is 2.56 bits per heavy atom. The number of ether oxygens (including phenoxy) is 1. The third-order valence-electron chi connectivity index (χ3n) is 2.40. The number of carbonyl (C=O) groups excluding carboxylic acids is 1. The summed E-state index contributed by atoms with van der Waals surface area (Å²) < 4.78 is 6.40. The van der Waals surface area contributed by atoms with E-state index in [1.165, 1.54) is 7.11 Å². The predicted octanol–water partition coefficient (Wildman–Crippen LogP) is 3.20. The molecule has 0 aromatic carbocycles. The average molecular weight is 340 g/mol. The quantitative estimate of drug-likeness (QED) is 0.398. The van der Waals surface area contributed by atoms with E-state index in [-0.39, 0.29) is 12.1 Å². The van der Waals surface area contributed by atoms with E-state index in [0.717, 1.165) is 38.5 Å². The minimum atomic E-state index is -0.299. The molecule has 0 saturated heterocycles. The van der Waals surface area contributed by atoms with Crippen LogP contribution in [0.5, 0.6) is 0 Å². The van der Waals surface area contributed by atoms with Gasteiger partial charge in [-0.2, -0.15) is 0 Å². The lowest BCUT2D eigenvalue weighted by molar-refractivity contribution is -0.140. The van der Waals surface area contributed by atoms with E-state index >= 15 is 0 Å². The number of esters is 1. The lowest BCUT2D eigenvalue weighted by Crippen LogP contribution is -2.01. The molecule has 0 amide bonds. The number of unbranched alkanes of at least 4 members (excludes halogenated alkanes) is 4. The Kier molecular flexibility index (Phi) is 11.3. The van der Waals surface area contributed by atoms with E-state index in [4.69, 9.17) is 0 Å². The molecule has 3 nitrogen and oxygen atoms in total. The highest BCUT2D eigenvalue weighted by atomic mass is 127. The molecule has 0 aliphatic carbocycles. The van der Waals surface area contributed by atoms with Crippen LogP contribution in [0.25, 0.3) is 0 Å². The van der Waals surface area contributed by atoms with Crippen molar-refractivity contribution in [2.24, 2.45) is 0 Å². The monoisotopic (exact) mass is 340 g/mol. The Balaban J connectivity index is 3.18. The van der Waals surface area contributed by atoms with Gasteiger partial charge in [0, 0.05) is 6.42 Å². The Bertz CT molecular complexity index is 204. The maximum absolute atomic E-state index is 10.8. The molecule has 1 atom stereocenters. The van der Waals surface area contributed by atoms with Gasteiger partial charge in [0.1, 0.15) is 0 Å². The Hall–Kier alpha value is -0.100. The first-order chi connectivity index (χ1) is 7.70. The Morgan fingerprint density at radius 2 is 1.94 bits per heavy atom. The van der Waals surface area contributed by atoms with Gasteiger partial charge in [-0.3, -0.25) is 4.79 Å². The molecule has 0 fully saturated rings. The van der Waals surface area contributed by atoms with E-state index in [0.29, 0.717) is 6.42 Å². The number of aliphatic hydroxyl groups is 1. The van der Waals surface area contributed by atoms with Gasteiger partial charge in [-0.25, -0.2) is 0 Å². The summed E-state index contributed by atoms with van der Waals surface area (Å²) in [5.74, 6) is -0.123. The summed E-state index contributed by atoms with van der Waals surface area (Å²) in [6.07, 6.45) is 8.11. The Labute approximate surface area is 111 Å². The molecule has 0 radical (unpaired) electrons. The molecule has 0 aromatic rings. The van der Waals surface area contributed by atoms with E-state index in [9.17, 15) is 9.90 Å². The normalized spacial score (nSPS) is 12.9. The van der Waals surface area contributed by atoms with Crippen molar-refractivity contribution in [3.05, 3.63) is 10.2 Å². The maximum Gasteiger partial charge on any atom is 0.305 e. The summed E-state index contributed by atoms with van der Waals surface area (Å²) in [5.41, 5.74) is 0. The van der Waals surface area contributed by atoms with Crippen molar-refractivity contribution in [2.75, 3.05) is 7.11 Å². The maximum atomic E-state index is 10.8. The van der Waals surface area contributed by atoms with Crippen LogP contribution >= 0.6 is 22.6 Å². The molecule has 1 unspecified atom stereocenters. The SMILES string of the molecule is COC(=O)CCCCCCCC(O)/C=C\I. The second-order valence-electron chi connectivity index (χ2n) is 3.77. The first-order valence-electron chi connectivity index (χ1n) is 5.72. The number of carbonyl (C=O) groups is 1. The Morgan fingerprint density at radius 1 is 1.31 bits per heavy atom. The van der Waals surface area contributed by atoms with Crippen LogP contribution in [0.4, 0.5) is 0 Å². The van der Waals surface area contributed by atoms with Gasteiger partial charge in [0.2, 0.25) is 0 Å². The van der Waals surface area contributed by atoms with Crippen molar-refractivity contribution < 1.29 is 14.6 Å². The molecular formula is C12H21IO3. The standard InChI is InChI=1S/C12H21IO3/c1-16-12(15)8-6-4-2-3-5-7-11(14)9-10-13/h9-11,14H,2-8H2,1H3/b10-9-. The van der Waals surface area contributed by atoms with Gasteiger partial charge in [0.25, 0.3) is 0 Å². The lowest BCUT2D eigenvalue weighted by atomic mass is 10.1. The van der Waals surface area contributed by atoms with Gasteiger partial charge in [-0.05, 0) is 16.9 Å². The summed E-state index contributed by atoms with van der Waals surface area (Å²) in [6.45, 7) is 0. The zero-order chi connectivity index (χ0) is 12.2. The molecule has 0 heterocycles. The van der Waals surface area contributed by atoms with Crippen LogP contribution in [0.1, 0.15) is 44.9 Å². The van der Waals surface area contributed by atoms with Crippen LogP contribution in [0.3, 0.4) is 0 Å². The van der Waals surface area contributed by atoms with Crippen molar-refractivity contribution in [3.63, 3.8) is 0 Å². The highest BCUT2D eigenvalue weighted by Crippen LogP contribution is 2.10. The third-order valence-corrected chi connectivity index (χ3v) is 2.82. The van der Waals surface area contributed by atoms with E-state index in [1.807, 2.05) is 4.08 Å². The minimum absolute atomic E-state index is 0.123. The topological polar surface area (TPSA) is 46.5 Å². The van der Waals surface area contributed by atoms with Crippen LogP contribution in [0.15, 0.2) is 10.2 Å². The van der Waals surface area contributed by atoms with Crippen molar-refractivity contribution in [3.8, 4) is 0 Å². The van der Waals surface area contributed by atoms with Crippen LogP contribution in [-0.2, 0) is 9.53 Å². The van der Waals surface area contributed by atoms with Crippen LogP contribution in [0, 0.1) is 0 Å². The zero-order valence-electron chi connectivity index (χ0n) is 9.82. The fourth-order valence-electron chi connectivity index (χ4n) is 1.44. The van der Waals surface area contributed by atoms with E-state index < -0.39 is 0 Å². The first kappa shape index (κ1) is 15.9. The number of hydrogen-bond donors (Lipinski definition) is 1. The molecule has 0 aliphatic heterocycles. The van der Waals surface area contributed by atoms with Crippen molar-refractivity contribution in [1.82, 2.24) is 0 Å². The molecular weight excluding hydrogens is 319 g/mol. The van der Waals surface area contributed by atoms with Crippen molar-refractivity contribution >= 4 is 28.6 Å². The van der Waals surface area contributed by atoms with Gasteiger partial charge in [0.05, 0.1) is 13.2 Å². The smallest absolute Gasteiger partial charge is 0.305 e. The number of rotatable bonds is 9. The number of hydrogen-bond acceptors (Lipinski definition) is 3. The lowest BCUT2D eigenvalue weighted by Gasteiger charge is -2.04. The summed E-state index contributed by atoms with van der Waals surface area (Å²) in [7, 11) is 1.42.